The quantitative estimate of drug-likeness (QED) is 0.600. The van der Waals surface area contributed by atoms with Gasteiger partial charge in [-0.1, -0.05) is 0 Å². The van der Waals surface area contributed by atoms with Crippen LogP contribution in [0.25, 0.3) is 0 Å². The van der Waals surface area contributed by atoms with Crippen molar-refractivity contribution in [3.05, 3.63) is 42.2 Å². The SMILES string of the molecule is CCOC(=O)/C=C/C(=O)O.NC(=O)c1ccncc1. The van der Waals surface area contributed by atoms with E-state index in [-0.39, 0.29) is 6.61 Å². The molecule has 3 N–H and O–H groups in total. The molecule has 1 rings (SSSR count). The van der Waals surface area contributed by atoms with E-state index >= 15 is 0 Å². The summed E-state index contributed by atoms with van der Waals surface area (Å²) in [7, 11) is 0. The number of ether oxygens (including phenoxy) is 1. The summed E-state index contributed by atoms with van der Waals surface area (Å²) < 4.78 is 4.40. The van der Waals surface area contributed by atoms with Gasteiger partial charge in [0.05, 0.1) is 6.61 Å². The van der Waals surface area contributed by atoms with Crippen LogP contribution in [0.3, 0.4) is 0 Å². The number of hydrogen-bond donors (Lipinski definition) is 2. The summed E-state index contributed by atoms with van der Waals surface area (Å²) >= 11 is 0. The first-order valence-electron chi connectivity index (χ1n) is 5.25. The average Bonchev–Trinajstić information content (AvgIpc) is 2.38. The van der Waals surface area contributed by atoms with E-state index in [1.54, 1.807) is 19.1 Å². The Kier molecular flexibility index (Phi) is 8.01. The maximum absolute atomic E-state index is 10.4. The molecule has 19 heavy (non-hydrogen) atoms. The zero-order chi connectivity index (χ0) is 14.7. The highest BCUT2D eigenvalue weighted by atomic mass is 16.5. The normalized spacial score (nSPS) is 9.32. The Labute approximate surface area is 109 Å². The Morgan fingerprint density at radius 1 is 1.32 bits per heavy atom. The largest absolute Gasteiger partial charge is 0.478 e. The van der Waals surface area contributed by atoms with Gasteiger partial charge in [0.25, 0.3) is 0 Å². The molecule has 1 aromatic heterocycles. The van der Waals surface area contributed by atoms with Crippen molar-refractivity contribution >= 4 is 17.8 Å². The van der Waals surface area contributed by atoms with Crippen LogP contribution in [0.1, 0.15) is 17.3 Å². The Morgan fingerprint density at radius 3 is 2.26 bits per heavy atom. The molecule has 1 amide bonds. The third kappa shape index (κ3) is 9.04. The topological polar surface area (TPSA) is 120 Å². The van der Waals surface area contributed by atoms with Crippen LogP contribution in [0, 0.1) is 0 Å². The minimum absolute atomic E-state index is 0.253. The van der Waals surface area contributed by atoms with E-state index in [1.165, 1.54) is 12.4 Å². The Morgan fingerprint density at radius 2 is 1.89 bits per heavy atom. The van der Waals surface area contributed by atoms with Crippen LogP contribution in [0.2, 0.25) is 0 Å². The number of primary amides is 1. The van der Waals surface area contributed by atoms with E-state index < -0.39 is 17.8 Å². The molecule has 0 saturated heterocycles. The van der Waals surface area contributed by atoms with Crippen molar-refractivity contribution in [3.63, 3.8) is 0 Å². The van der Waals surface area contributed by atoms with Crippen LogP contribution in [-0.2, 0) is 14.3 Å². The third-order valence-corrected chi connectivity index (χ3v) is 1.61. The van der Waals surface area contributed by atoms with Gasteiger partial charge < -0.3 is 15.6 Å². The second-order valence-corrected chi connectivity index (χ2v) is 3.02. The van der Waals surface area contributed by atoms with Gasteiger partial charge in [-0.3, -0.25) is 9.78 Å². The number of aliphatic carboxylic acids is 1. The number of rotatable bonds is 4. The summed E-state index contributed by atoms with van der Waals surface area (Å²) in [4.78, 5) is 34.3. The molecule has 0 spiro atoms. The predicted molar refractivity (Wildman–Crippen MR) is 66.2 cm³/mol. The minimum atomic E-state index is -1.16. The highest BCUT2D eigenvalue weighted by molar-refractivity contribution is 5.92. The van der Waals surface area contributed by atoms with Gasteiger partial charge in [-0.2, -0.15) is 0 Å². The molecule has 0 fully saturated rings. The number of carbonyl (C=O) groups is 3. The summed E-state index contributed by atoms with van der Waals surface area (Å²) in [6.07, 6.45) is 4.66. The highest BCUT2D eigenvalue weighted by Crippen LogP contribution is 1.91. The van der Waals surface area contributed by atoms with Crippen molar-refractivity contribution in [1.82, 2.24) is 4.98 Å². The highest BCUT2D eigenvalue weighted by Gasteiger charge is 1.95. The fraction of sp³-hybridized carbons (Fsp3) is 0.167. The van der Waals surface area contributed by atoms with Gasteiger partial charge >= 0.3 is 11.9 Å². The number of carboxylic acid groups (broad SMARTS) is 1. The second-order valence-electron chi connectivity index (χ2n) is 3.02. The Bertz CT molecular complexity index is 456. The summed E-state index contributed by atoms with van der Waals surface area (Å²) in [6, 6.07) is 3.14. The lowest BCUT2D eigenvalue weighted by Crippen LogP contribution is -2.10. The number of hydrogen-bond acceptors (Lipinski definition) is 5. The fourth-order valence-corrected chi connectivity index (χ4v) is 0.846. The van der Waals surface area contributed by atoms with E-state index in [9.17, 15) is 14.4 Å². The molecule has 0 radical (unpaired) electrons. The lowest BCUT2D eigenvalue weighted by atomic mass is 10.3. The van der Waals surface area contributed by atoms with Crippen LogP contribution in [0.5, 0.6) is 0 Å². The molecule has 0 bridgehead atoms. The van der Waals surface area contributed by atoms with E-state index in [0.29, 0.717) is 5.56 Å². The van der Waals surface area contributed by atoms with Crippen molar-refractivity contribution in [2.24, 2.45) is 5.73 Å². The van der Waals surface area contributed by atoms with E-state index in [2.05, 4.69) is 9.72 Å². The van der Waals surface area contributed by atoms with E-state index in [4.69, 9.17) is 10.8 Å². The monoisotopic (exact) mass is 266 g/mol. The molecule has 1 aromatic rings. The summed E-state index contributed by atoms with van der Waals surface area (Å²) in [5, 5.41) is 8.04. The number of esters is 1. The van der Waals surface area contributed by atoms with Crippen molar-refractivity contribution in [2.45, 2.75) is 6.92 Å². The van der Waals surface area contributed by atoms with Crippen LogP contribution >= 0.6 is 0 Å². The summed E-state index contributed by atoms with van der Waals surface area (Å²) in [6.45, 7) is 1.90. The van der Waals surface area contributed by atoms with Crippen LogP contribution < -0.4 is 5.73 Å². The molecule has 0 aromatic carbocycles. The minimum Gasteiger partial charge on any atom is -0.478 e. The van der Waals surface area contributed by atoms with Gasteiger partial charge in [-0.05, 0) is 19.1 Å². The summed E-state index contributed by atoms with van der Waals surface area (Å²) in [5.41, 5.74) is 5.44. The molecule has 0 aliphatic heterocycles. The van der Waals surface area contributed by atoms with Crippen LogP contribution in [-0.4, -0.2) is 34.5 Å². The van der Waals surface area contributed by atoms with Gasteiger partial charge in [0.2, 0.25) is 5.91 Å². The van der Waals surface area contributed by atoms with Crippen LogP contribution in [0.4, 0.5) is 0 Å². The number of carbonyl (C=O) groups excluding carboxylic acids is 2. The molecule has 7 heteroatoms. The number of nitrogens with two attached hydrogens (primary N) is 1. The molecule has 0 saturated carbocycles. The molecule has 0 atom stereocenters. The number of nitrogens with zero attached hydrogens (tertiary/aromatic N) is 1. The van der Waals surface area contributed by atoms with Crippen molar-refractivity contribution in [1.29, 1.82) is 0 Å². The van der Waals surface area contributed by atoms with Gasteiger partial charge in [0.15, 0.2) is 0 Å². The first-order valence-corrected chi connectivity index (χ1v) is 5.25. The van der Waals surface area contributed by atoms with E-state index in [1.807, 2.05) is 0 Å². The van der Waals surface area contributed by atoms with Crippen molar-refractivity contribution in [3.8, 4) is 0 Å². The summed E-state index contributed by atoms with van der Waals surface area (Å²) in [5.74, 6) is -2.21. The molecule has 102 valence electrons. The smallest absolute Gasteiger partial charge is 0.330 e. The third-order valence-electron chi connectivity index (χ3n) is 1.61. The molecule has 0 aliphatic rings. The van der Waals surface area contributed by atoms with Gasteiger partial charge in [0.1, 0.15) is 0 Å². The second kappa shape index (κ2) is 9.34. The maximum atomic E-state index is 10.4. The fourth-order valence-electron chi connectivity index (χ4n) is 0.846. The lowest BCUT2D eigenvalue weighted by Gasteiger charge is -1.92. The Balaban J connectivity index is 0.000000342. The standard InChI is InChI=1S/C6H6N2O.C6H8O4/c7-6(9)5-1-3-8-4-2-5;1-2-10-6(9)4-3-5(7)8/h1-4H,(H2,7,9);3-4H,2H2,1H3,(H,7,8)/b;4-3+. The molecule has 0 unspecified atom stereocenters. The number of pyridine rings is 1. The van der Waals surface area contributed by atoms with Crippen LogP contribution in [0.15, 0.2) is 36.7 Å². The van der Waals surface area contributed by atoms with Gasteiger partial charge in [0, 0.05) is 30.1 Å². The Hall–Kier alpha value is -2.70. The molecule has 1 heterocycles. The van der Waals surface area contributed by atoms with Crippen molar-refractivity contribution < 1.29 is 24.2 Å². The molecular weight excluding hydrogens is 252 g/mol. The van der Waals surface area contributed by atoms with Gasteiger partial charge in [-0.15, -0.1) is 0 Å². The molecule has 7 nitrogen and oxygen atoms in total. The first kappa shape index (κ1) is 16.3. The molecular formula is C12H14N2O5. The average molecular weight is 266 g/mol. The lowest BCUT2D eigenvalue weighted by molar-refractivity contribution is -0.138. The zero-order valence-corrected chi connectivity index (χ0v) is 10.3. The number of aromatic nitrogens is 1. The molecule has 0 aliphatic carbocycles. The first-order chi connectivity index (χ1) is 8.97. The zero-order valence-electron chi connectivity index (χ0n) is 10.3. The van der Waals surface area contributed by atoms with E-state index in [0.717, 1.165) is 12.2 Å². The van der Waals surface area contributed by atoms with Gasteiger partial charge in [-0.25, -0.2) is 9.59 Å². The van der Waals surface area contributed by atoms with Crippen molar-refractivity contribution in [2.75, 3.05) is 6.61 Å². The predicted octanol–water partition coefficient (Wildman–Crippen LogP) is 0.371. The number of carboxylic acids is 1. The number of amides is 1. The maximum Gasteiger partial charge on any atom is 0.330 e.